The van der Waals surface area contributed by atoms with Crippen molar-refractivity contribution in [3.8, 4) is 17.1 Å². The molecule has 15 nitrogen and oxygen atoms in total. The fraction of sp³-hybridized carbons (Fsp3) is 0.512. The number of phenols is 1. The van der Waals surface area contributed by atoms with Crippen LogP contribution in [-0.2, 0) is 16.1 Å². The number of rotatable bonds is 9. The van der Waals surface area contributed by atoms with Gasteiger partial charge in [0.05, 0.1) is 23.4 Å². The lowest BCUT2D eigenvalue weighted by Crippen LogP contribution is -2.54. The van der Waals surface area contributed by atoms with Gasteiger partial charge in [-0.25, -0.2) is 14.4 Å². The number of likely N-dealkylation sites (tertiary alicyclic amines) is 1. The summed E-state index contributed by atoms with van der Waals surface area (Å²) in [6.07, 6.45) is 4.38. The number of nitrogens with zero attached hydrogens (tertiary/aromatic N) is 9. The maximum atomic E-state index is 15.9. The van der Waals surface area contributed by atoms with Gasteiger partial charge in [-0.2, -0.15) is 5.10 Å². The average molecular weight is 780 g/mol. The molecular formula is C41H50FN11O4. The first-order valence-electron chi connectivity index (χ1n) is 20.3. The van der Waals surface area contributed by atoms with Crippen LogP contribution in [0.3, 0.4) is 0 Å². The van der Waals surface area contributed by atoms with E-state index in [2.05, 4.69) is 56.9 Å². The molecule has 4 aromatic rings. The zero-order valence-corrected chi connectivity index (χ0v) is 32.4. The Morgan fingerprint density at radius 2 is 1.68 bits per heavy atom. The van der Waals surface area contributed by atoms with E-state index in [1.165, 1.54) is 17.7 Å². The van der Waals surface area contributed by atoms with Crippen molar-refractivity contribution in [2.24, 2.45) is 5.92 Å². The van der Waals surface area contributed by atoms with E-state index in [4.69, 9.17) is 0 Å². The molecule has 4 saturated heterocycles. The lowest BCUT2D eigenvalue weighted by Gasteiger charge is -2.42. The number of anilines is 2. The van der Waals surface area contributed by atoms with Crippen molar-refractivity contribution in [2.45, 2.75) is 51.2 Å². The molecular weight excluding hydrogens is 730 g/mol. The lowest BCUT2D eigenvalue weighted by atomic mass is 9.96. The minimum absolute atomic E-state index is 0.0410. The average Bonchev–Trinajstić information content (AvgIpc) is 3.79. The summed E-state index contributed by atoms with van der Waals surface area (Å²) < 4.78 is 15.9. The zero-order valence-electron chi connectivity index (χ0n) is 32.4. The highest BCUT2D eigenvalue weighted by Crippen LogP contribution is 2.35. The number of aromatic amines is 1. The molecule has 1 unspecified atom stereocenters. The molecule has 0 spiro atoms. The van der Waals surface area contributed by atoms with Crippen molar-refractivity contribution >= 4 is 40.1 Å². The normalized spacial score (nSPS) is 23.1. The number of carbonyl (C=O) groups is 3. The monoisotopic (exact) mass is 779 g/mol. The quantitative estimate of drug-likeness (QED) is 0.214. The van der Waals surface area contributed by atoms with E-state index in [0.717, 1.165) is 101 Å². The molecule has 4 fully saturated rings. The van der Waals surface area contributed by atoms with Crippen molar-refractivity contribution < 1.29 is 23.9 Å². The Labute approximate surface area is 330 Å². The molecule has 0 bridgehead atoms. The number of hydrogen-bond donors (Lipinski definition) is 3. The summed E-state index contributed by atoms with van der Waals surface area (Å²) in [6.45, 7) is 13.6. The number of nitrogens with one attached hydrogen (secondary N) is 2. The van der Waals surface area contributed by atoms with Crippen LogP contribution < -0.4 is 15.1 Å². The van der Waals surface area contributed by atoms with Crippen LogP contribution in [-0.4, -0.2) is 153 Å². The number of carbonyl (C=O) groups excluding carboxylic acids is 3. The predicted molar refractivity (Wildman–Crippen MR) is 212 cm³/mol. The molecule has 5 aliphatic heterocycles. The minimum Gasteiger partial charge on any atom is -0.508 e. The lowest BCUT2D eigenvalue weighted by molar-refractivity contribution is -0.136. The van der Waals surface area contributed by atoms with E-state index in [9.17, 15) is 19.5 Å². The smallest absolute Gasteiger partial charge is 0.255 e. The van der Waals surface area contributed by atoms with Gasteiger partial charge < -0.3 is 24.7 Å². The summed E-state index contributed by atoms with van der Waals surface area (Å²) in [4.78, 5) is 59.8. The standard InChI is InChI=1S/C41H50FN11O4/c1-26-22-52(36-21-33(43-25-44-36)39-30-20-28(54)2-4-32(30)46-47-39)19-18-50(26)15-12-48-10-8-27(9-11-48)23-49-13-16-51(17-14-49)34-5-3-29-31(38(34)42)24-53(41(29)57)35-6-7-37(55)45-40(35)56/h2-5,20-21,25-27,35,54H,6-19,22-24H2,1H3,(H,46,47)(H,45,55,56)/t26-,35?/m0/s1. The van der Waals surface area contributed by atoms with Gasteiger partial charge in [-0.15, -0.1) is 0 Å². The fourth-order valence-corrected chi connectivity index (χ4v) is 9.42. The number of fused-ring (bicyclic) bond motifs is 2. The molecule has 5 aliphatic rings. The first-order chi connectivity index (χ1) is 27.7. The van der Waals surface area contributed by atoms with Gasteiger partial charge >= 0.3 is 0 Å². The van der Waals surface area contributed by atoms with Gasteiger partial charge in [-0.05, 0) is 75.5 Å². The maximum absolute atomic E-state index is 15.9. The Hall–Kier alpha value is -5.19. The molecule has 2 aromatic carbocycles. The number of phenolic OH excluding ortho intramolecular Hbond substituents is 1. The maximum Gasteiger partial charge on any atom is 0.255 e. The van der Waals surface area contributed by atoms with Gasteiger partial charge in [-0.3, -0.25) is 34.6 Å². The molecule has 0 aliphatic carbocycles. The van der Waals surface area contributed by atoms with Crippen molar-refractivity contribution in [2.75, 3.05) is 88.3 Å². The van der Waals surface area contributed by atoms with Crippen LogP contribution in [0.4, 0.5) is 15.9 Å². The van der Waals surface area contributed by atoms with Crippen molar-refractivity contribution in [3.63, 3.8) is 0 Å². The third-order valence-corrected chi connectivity index (χ3v) is 12.8. The van der Waals surface area contributed by atoms with Gasteiger partial charge in [-0.1, -0.05) is 0 Å². The van der Waals surface area contributed by atoms with E-state index in [1.54, 1.807) is 30.6 Å². The molecule has 57 heavy (non-hydrogen) atoms. The number of piperazine rings is 2. The summed E-state index contributed by atoms with van der Waals surface area (Å²) in [5.74, 6) is 0.169. The highest BCUT2D eigenvalue weighted by molar-refractivity contribution is 6.05. The number of imide groups is 1. The first-order valence-corrected chi connectivity index (χ1v) is 20.3. The number of benzene rings is 2. The fourth-order valence-electron chi connectivity index (χ4n) is 9.42. The molecule has 2 atom stereocenters. The number of H-pyrrole nitrogens is 1. The molecule has 2 aromatic heterocycles. The first kappa shape index (κ1) is 37.4. The number of aromatic nitrogens is 4. The van der Waals surface area contributed by atoms with Gasteiger partial charge in [0.1, 0.15) is 29.6 Å². The predicted octanol–water partition coefficient (Wildman–Crippen LogP) is 2.67. The largest absolute Gasteiger partial charge is 0.508 e. The number of amides is 3. The second-order valence-corrected chi connectivity index (χ2v) is 16.3. The van der Waals surface area contributed by atoms with Crippen molar-refractivity contribution in [1.82, 2.24) is 45.1 Å². The van der Waals surface area contributed by atoms with E-state index in [-0.39, 0.29) is 42.8 Å². The van der Waals surface area contributed by atoms with Crippen molar-refractivity contribution in [1.29, 1.82) is 0 Å². The van der Waals surface area contributed by atoms with Crippen molar-refractivity contribution in [3.05, 3.63) is 59.7 Å². The highest BCUT2D eigenvalue weighted by Gasteiger charge is 2.41. The molecule has 3 amide bonds. The van der Waals surface area contributed by atoms with E-state index in [1.807, 2.05) is 12.1 Å². The summed E-state index contributed by atoms with van der Waals surface area (Å²) in [5.41, 5.74) is 3.44. The Kier molecular flexibility index (Phi) is 10.3. The summed E-state index contributed by atoms with van der Waals surface area (Å²) in [5, 5.41) is 20.6. The summed E-state index contributed by atoms with van der Waals surface area (Å²) in [6, 6.07) is 10.2. The third-order valence-electron chi connectivity index (χ3n) is 12.8. The molecule has 3 N–H and O–H groups in total. The molecule has 7 heterocycles. The Balaban J connectivity index is 0.708. The molecule has 16 heteroatoms. The van der Waals surface area contributed by atoms with Gasteiger partial charge in [0.2, 0.25) is 11.8 Å². The number of aromatic hydroxyl groups is 1. The second-order valence-electron chi connectivity index (χ2n) is 16.3. The van der Waals surface area contributed by atoms with Gasteiger partial charge in [0, 0.05) is 100 Å². The topological polar surface area (TPSA) is 157 Å². The molecule has 9 rings (SSSR count). The SMILES string of the molecule is C[C@H]1CN(c2cc(-c3n[nH]c4ccc(O)cc34)ncn2)CCN1CCN1CCC(CN2CCN(c3ccc4c(c3F)CN(C3CCC(=O)NC3=O)C4=O)CC2)CC1. The second kappa shape index (κ2) is 15.6. The van der Waals surface area contributed by atoms with E-state index < -0.39 is 11.9 Å². The van der Waals surface area contributed by atoms with Gasteiger partial charge in [0.25, 0.3) is 5.91 Å². The number of halogens is 1. The molecule has 0 radical (unpaired) electrons. The summed E-state index contributed by atoms with van der Waals surface area (Å²) >= 11 is 0. The minimum atomic E-state index is -0.757. The van der Waals surface area contributed by atoms with Crippen LogP contribution in [0, 0.1) is 11.7 Å². The van der Waals surface area contributed by atoms with E-state index in [0.29, 0.717) is 34.5 Å². The van der Waals surface area contributed by atoms with Crippen LogP contribution in [0.5, 0.6) is 5.75 Å². The van der Waals surface area contributed by atoms with Gasteiger partial charge in [0.15, 0.2) is 5.82 Å². The summed E-state index contributed by atoms with van der Waals surface area (Å²) in [7, 11) is 0. The van der Waals surface area contributed by atoms with Crippen LogP contribution in [0.15, 0.2) is 42.7 Å². The van der Waals surface area contributed by atoms with Crippen LogP contribution in [0.1, 0.15) is 48.5 Å². The highest BCUT2D eigenvalue weighted by atomic mass is 19.1. The Bertz CT molecular complexity index is 2170. The number of piperidine rings is 2. The van der Waals surface area contributed by atoms with Crippen LogP contribution in [0.2, 0.25) is 0 Å². The van der Waals surface area contributed by atoms with E-state index >= 15 is 4.39 Å². The Morgan fingerprint density at radius 1 is 0.877 bits per heavy atom. The molecule has 300 valence electrons. The third kappa shape index (κ3) is 7.53. The number of hydrogen-bond acceptors (Lipinski definition) is 12. The van der Waals surface area contributed by atoms with Crippen LogP contribution in [0.25, 0.3) is 22.3 Å². The zero-order chi connectivity index (χ0) is 39.2. The molecule has 0 saturated carbocycles. The Morgan fingerprint density at radius 3 is 2.47 bits per heavy atom. The van der Waals surface area contributed by atoms with Crippen LogP contribution >= 0.6 is 0 Å².